The van der Waals surface area contributed by atoms with Crippen molar-refractivity contribution in [3.05, 3.63) is 0 Å². The van der Waals surface area contributed by atoms with Gasteiger partial charge in [0.15, 0.2) is 0 Å². The summed E-state index contributed by atoms with van der Waals surface area (Å²) in [6, 6.07) is 0. The Balaban J connectivity index is 2.11. The number of halogens is 3. The van der Waals surface area contributed by atoms with E-state index in [1.54, 1.807) is 0 Å². The Kier molecular flexibility index (Phi) is 4.26. The van der Waals surface area contributed by atoms with E-state index in [0.717, 1.165) is 19.4 Å². The molecule has 0 spiro atoms. The van der Waals surface area contributed by atoms with Gasteiger partial charge in [-0.3, -0.25) is 4.79 Å². The highest BCUT2D eigenvalue weighted by molar-refractivity contribution is 6.32. The molecule has 1 heterocycles. The number of ether oxygens (including phenoxy) is 1. The first kappa shape index (κ1) is 11.9. The number of carbonyl (C=O) groups excluding carboxylic acids is 1. The Morgan fingerprint density at radius 2 is 2.29 bits per heavy atom. The molecule has 1 aliphatic heterocycles. The van der Waals surface area contributed by atoms with Crippen molar-refractivity contribution < 1.29 is 18.3 Å². The molecule has 0 radical (unpaired) electrons. The summed E-state index contributed by atoms with van der Waals surface area (Å²) in [7, 11) is 0. The molecular weight excluding hydrogens is 214 g/mol. The van der Waals surface area contributed by atoms with Gasteiger partial charge >= 0.3 is 5.38 Å². The van der Waals surface area contributed by atoms with Crippen molar-refractivity contribution >= 4 is 17.4 Å². The highest BCUT2D eigenvalue weighted by atomic mass is 35.5. The van der Waals surface area contributed by atoms with Gasteiger partial charge in [0.1, 0.15) is 0 Å². The zero-order chi connectivity index (χ0) is 10.6. The number of ketones is 1. The molecular formula is C9H13ClF2O2. The lowest BCUT2D eigenvalue weighted by atomic mass is 10.1. The monoisotopic (exact) mass is 226 g/mol. The highest BCUT2D eigenvalue weighted by Crippen LogP contribution is 2.24. The van der Waals surface area contributed by atoms with Crippen LogP contribution in [0.2, 0.25) is 0 Å². The van der Waals surface area contributed by atoms with Crippen molar-refractivity contribution in [2.45, 2.75) is 43.6 Å². The fraction of sp³-hybridized carbons (Fsp3) is 0.889. The van der Waals surface area contributed by atoms with Gasteiger partial charge in [0.05, 0.1) is 6.10 Å². The maximum absolute atomic E-state index is 12.2. The average molecular weight is 227 g/mol. The van der Waals surface area contributed by atoms with Gasteiger partial charge in [-0.05, 0) is 37.3 Å². The first-order chi connectivity index (χ1) is 6.50. The molecule has 1 aliphatic rings. The van der Waals surface area contributed by atoms with Crippen LogP contribution in [-0.4, -0.2) is 23.9 Å². The lowest BCUT2D eigenvalue weighted by molar-refractivity contribution is -0.133. The van der Waals surface area contributed by atoms with Gasteiger partial charge in [-0.1, -0.05) is 0 Å². The Hall–Kier alpha value is -0.220. The van der Waals surface area contributed by atoms with E-state index in [9.17, 15) is 13.6 Å². The van der Waals surface area contributed by atoms with E-state index in [1.807, 2.05) is 0 Å². The van der Waals surface area contributed by atoms with E-state index in [1.165, 1.54) is 0 Å². The van der Waals surface area contributed by atoms with Crippen LogP contribution >= 0.6 is 11.6 Å². The van der Waals surface area contributed by atoms with Gasteiger partial charge < -0.3 is 4.74 Å². The lowest BCUT2D eigenvalue weighted by Crippen LogP contribution is -2.21. The third kappa shape index (κ3) is 3.88. The second-order valence-electron chi connectivity index (χ2n) is 3.45. The van der Waals surface area contributed by atoms with Crippen LogP contribution < -0.4 is 0 Å². The summed E-state index contributed by atoms with van der Waals surface area (Å²) in [4.78, 5) is 10.7. The second kappa shape index (κ2) is 5.03. The molecule has 1 saturated heterocycles. The van der Waals surface area contributed by atoms with Crippen molar-refractivity contribution in [1.29, 1.82) is 0 Å². The average Bonchev–Trinajstić information content (AvgIpc) is 2.55. The molecule has 2 nitrogen and oxygen atoms in total. The summed E-state index contributed by atoms with van der Waals surface area (Å²) in [5, 5.41) is -3.70. The number of alkyl halides is 3. The zero-order valence-electron chi connectivity index (χ0n) is 7.77. The number of hydrogen-bond acceptors (Lipinski definition) is 2. The van der Waals surface area contributed by atoms with Crippen LogP contribution in [0.3, 0.4) is 0 Å². The van der Waals surface area contributed by atoms with Crippen molar-refractivity contribution in [2.24, 2.45) is 0 Å². The van der Waals surface area contributed by atoms with Crippen molar-refractivity contribution in [1.82, 2.24) is 0 Å². The minimum Gasteiger partial charge on any atom is -0.378 e. The van der Waals surface area contributed by atoms with Gasteiger partial charge in [-0.15, -0.1) is 0 Å². The smallest absolute Gasteiger partial charge is 0.378 e. The van der Waals surface area contributed by atoms with Gasteiger partial charge in [0, 0.05) is 13.0 Å². The molecule has 0 saturated carbocycles. The third-order valence-corrected chi connectivity index (χ3v) is 2.48. The van der Waals surface area contributed by atoms with E-state index in [0.29, 0.717) is 12.8 Å². The van der Waals surface area contributed by atoms with Crippen molar-refractivity contribution in [3.63, 3.8) is 0 Å². The topological polar surface area (TPSA) is 26.3 Å². The predicted octanol–water partition coefficient (Wildman–Crippen LogP) is 2.74. The number of hydrogen-bond donors (Lipinski definition) is 0. The molecule has 0 amide bonds. The van der Waals surface area contributed by atoms with Crippen LogP contribution in [0.15, 0.2) is 0 Å². The fourth-order valence-corrected chi connectivity index (χ4v) is 1.60. The van der Waals surface area contributed by atoms with Crippen LogP contribution in [-0.2, 0) is 9.53 Å². The summed E-state index contributed by atoms with van der Waals surface area (Å²) in [5.41, 5.74) is 0. The normalized spacial score (nSPS) is 22.6. The summed E-state index contributed by atoms with van der Waals surface area (Å²) in [5.74, 6) is -1.20. The van der Waals surface area contributed by atoms with Crippen LogP contribution in [0.5, 0.6) is 0 Å². The SMILES string of the molecule is O=C(CCCC1CCCO1)C(F)(F)Cl. The molecule has 0 aromatic carbocycles. The quantitative estimate of drug-likeness (QED) is 0.674. The van der Waals surface area contributed by atoms with Crippen LogP contribution in [0.1, 0.15) is 32.1 Å². The molecule has 0 bridgehead atoms. The highest BCUT2D eigenvalue weighted by Gasteiger charge is 2.34. The van der Waals surface area contributed by atoms with E-state index in [-0.39, 0.29) is 12.5 Å². The number of Topliss-reactive ketones (excluding diaryl/α,β-unsaturated/α-hetero) is 1. The maximum atomic E-state index is 12.2. The predicted molar refractivity (Wildman–Crippen MR) is 48.6 cm³/mol. The van der Waals surface area contributed by atoms with Crippen LogP contribution in [0, 0.1) is 0 Å². The molecule has 1 rings (SSSR count). The first-order valence-corrected chi connectivity index (χ1v) is 5.09. The zero-order valence-corrected chi connectivity index (χ0v) is 8.53. The summed E-state index contributed by atoms with van der Waals surface area (Å²) < 4.78 is 29.7. The van der Waals surface area contributed by atoms with Gasteiger partial charge in [-0.2, -0.15) is 8.78 Å². The largest absolute Gasteiger partial charge is 0.380 e. The molecule has 0 N–H and O–H groups in total. The minimum atomic E-state index is -3.70. The number of rotatable bonds is 5. The Morgan fingerprint density at radius 3 is 2.79 bits per heavy atom. The fourth-order valence-electron chi connectivity index (χ4n) is 1.50. The van der Waals surface area contributed by atoms with E-state index < -0.39 is 11.2 Å². The molecule has 0 aliphatic carbocycles. The van der Waals surface area contributed by atoms with Gasteiger partial charge in [0.2, 0.25) is 5.78 Å². The molecule has 82 valence electrons. The lowest BCUT2D eigenvalue weighted by Gasteiger charge is -2.09. The van der Waals surface area contributed by atoms with E-state index >= 15 is 0 Å². The van der Waals surface area contributed by atoms with Gasteiger partial charge in [0.25, 0.3) is 0 Å². The molecule has 1 atom stereocenters. The molecule has 14 heavy (non-hydrogen) atoms. The van der Waals surface area contributed by atoms with E-state index in [2.05, 4.69) is 11.6 Å². The minimum absolute atomic E-state index is 0.145. The maximum Gasteiger partial charge on any atom is 0.380 e. The standard InChI is InChI=1S/C9H13ClF2O2/c10-9(11,12)8(13)5-1-3-7-4-2-6-14-7/h7H,1-6H2. The molecule has 5 heteroatoms. The van der Waals surface area contributed by atoms with Crippen LogP contribution in [0.25, 0.3) is 0 Å². The van der Waals surface area contributed by atoms with Crippen molar-refractivity contribution in [2.75, 3.05) is 6.61 Å². The molecule has 0 aromatic heterocycles. The molecule has 0 aromatic rings. The Labute approximate surface area is 86.6 Å². The Bertz CT molecular complexity index is 197. The van der Waals surface area contributed by atoms with Gasteiger partial charge in [-0.25, -0.2) is 0 Å². The third-order valence-electron chi connectivity index (χ3n) is 2.27. The second-order valence-corrected chi connectivity index (χ2v) is 3.92. The number of carbonyl (C=O) groups is 1. The summed E-state index contributed by atoms with van der Waals surface area (Å²) in [6.07, 6.45) is 3.04. The van der Waals surface area contributed by atoms with Crippen molar-refractivity contribution in [3.8, 4) is 0 Å². The Morgan fingerprint density at radius 1 is 1.57 bits per heavy atom. The molecule has 1 fully saturated rings. The summed E-state index contributed by atoms with van der Waals surface area (Å²) >= 11 is 4.56. The van der Waals surface area contributed by atoms with Crippen LogP contribution in [0.4, 0.5) is 8.78 Å². The first-order valence-electron chi connectivity index (χ1n) is 4.72. The molecule has 1 unspecified atom stereocenters. The van der Waals surface area contributed by atoms with E-state index in [4.69, 9.17) is 4.74 Å². The summed E-state index contributed by atoms with van der Waals surface area (Å²) in [6.45, 7) is 0.740.